The van der Waals surface area contributed by atoms with E-state index in [2.05, 4.69) is 20.2 Å². The maximum absolute atomic E-state index is 6.05. The maximum Gasteiger partial charge on any atom is 0.222 e. The summed E-state index contributed by atoms with van der Waals surface area (Å²) in [6.45, 7) is 6.09. The normalized spacial score (nSPS) is 14.3. The molecule has 0 spiro atoms. The number of hydrogen-bond donors (Lipinski definition) is 2. The Labute approximate surface area is 160 Å². The number of aromatic nitrogens is 2. The number of methoxy groups -OCH3 is 1. The molecule has 3 N–H and O–H groups in total. The van der Waals surface area contributed by atoms with Crippen LogP contribution < -0.4 is 20.5 Å². The number of hydrogen-bond acceptors (Lipinski definition) is 7. The summed E-state index contributed by atoms with van der Waals surface area (Å²) >= 11 is 0. The van der Waals surface area contributed by atoms with Gasteiger partial charge in [0.1, 0.15) is 5.82 Å². The summed E-state index contributed by atoms with van der Waals surface area (Å²) in [5.74, 6) is 2.41. The second-order valence-corrected chi connectivity index (χ2v) is 6.76. The van der Waals surface area contributed by atoms with Gasteiger partial charge < -0.3 is 25.4 Å². The molecule has 1 aliphatic rings. The number of anilines is 2. The van der Waals surface area contributed by atoms with E-state index in [-0.39, 0.29) is 5.95 Å². The standard InChI is InChI=1S/C20H29N5O2/c1-14-18(19(22-2)24-20(21)23-14)15-7-8-16(26-3)17(13-15)27-12-6-11-25-9-4-5-10-25/h7-8,13H,4-6,9-12H2,1-3H3,(H3,21,22,23,24). The van der Waals surface area contributed by atoms with Gasteiger partial charge in [0.05, 0.1) is 19.4 Å². The highest BCUT2D eigenvalue weighted by Crippen LogP contribution is 2.36. The van der Waals surface area contributed by atoms with Crippen LogP contribution in [-0.4, -0.2) is 55.3 Å². The van der Waals surface area contributed by atoms with Crippen molar-refractivity contribution < 1.29 is 9.47 Å². The van der Waals surface area contributed by atoms with Crippen molar-refractivity contribution in [1.29, 1.82) is 0 Å². The fraction of sp³-hybridized carbons (Fsp3) is 0.500. The van der Waals surface area contributed by atoms with E-state index in [9.17, 15) is 0 Å². The Morgan fingerprint density at radius 1 is 1.19 bits per heavy atom. The van der Waals surface area contributed by atoms with Gasteiger partial charge in [-0.05, 0) is 57.0 Å². The van der Waals surface area contributed by atoms with Gasteiger partial charge in [-0.2, -0.15) is 4.98 Å². The van der Waals surface area contributed by atoms with Gasteiger partial charge in [0, 0.05) is 19.2 Å². The van der Waals surface area contributed by atoms with Gasteiger partial charge in [-0.3, -0.25) is 0 Å². The van der Waals surface area contributed by atoms with Gasteiger partial charge in [0.2, 0.25) is 5.95 Å². The van der Waals surface area contributed by atoms with Crippen LogP contribution in [0.1, 0.15) is 25.0 Å². The number of rotatable bonds is 8. The Hall–Kier alpha value is -2.54. The Bertz CT molecular complexity index is 775. The molecule has 0 radical (unpaired) electrons. The first-order chi connectivity index (χ1) is 13.1. The van der Waals surface area contributed by atoms with Crippen LogP contribution in [0, 0.1) is 6.92 Å². The lowest BCUT2D eigenvalue weighted by molar-refractivity contribution is 0.254. The molecule has 1 aliphatic heterocycles. The predicted octanol–water partition coefficient (Wildman–Crippen LogP) is 2.95. The monoisotopic (exact) mass is 371 g/mol. The van der Waals surface area contributed by atoms with Crippen molar-refractivity contribution in [3.05, 3.63) is 23.9 Å². The molecular weight excluding hydrogens is 342 g/mol. The topological polar surface area (TPSA) is 85.5 Å². The van der Waals surface area contributed by atoms with Gasteiger partial charge in [-0.1, -0.05) is 6.07 Å². The van der Waals surface area contributed by atoms with E-state index >= 15 is 0 Å². The molecular formula is C20H29N5O2. The van der Waals surface area contributed by atoms with E-state index < -0.39 is 0 Å². The van der Waals surface area contributed by atoms with E-state index in [0.717, 1.165) is 41.3 Å². The molecule has 146 valence electrons. The van der Waals surface area contributed by atoms with Crippen molar-refractivity contribution in [3.63, 3.8) is 0 Å². The molecule has 0 aliphatic carbocycles. The van der Waals surface area contributed by atoms with Crippen molar-refractivity contribution in [2.75, 3.05) is 51.4 Å². The highest BCUT2D eigenvalue weighted by molar-refractivity contribution is 5.79. The first-order valence-electron chi connectivity index (χ1n) is 9.47. The lowest BCUT2D eigenvalue weighted by Crippen LogP contribution is -2.21. The molecule has 1 aromatic heterocycles. The summed E-state index contributed by atoms with van der Waals surface area (Å²) in [6.07, 6.45) is 3.63. The fourth-order valence-electron chi connectivity index (χ4n) is 3.54. The van der Waals surface area contributed by atoms with Crippen LogP contribution in [0.25, 0.3) is 11.1 Å². The molecule has 0 unspecified atom stereocenters. The molecule has 0 amide bonds. The Kier molecular flexibility index (Phi) is 6.34. The molecule has 0 atom stereocenters. The van der Waals surface area contributed by atoms with Gasteiger partial charge in [0.15, 0.2) is 11.5 Å². The minimum Gasteiger partial charge on any atom is -0.493 e. The predicted molar refractivity (Wildman–Crippen MR) is 109 cm³/mol. The molecule has 1 fully saturated rings. The average Bonchev–Trinajstić information content (AvgIpc) is 3.18. The van der Waals surface area contributed by atoms with E-state index in [4.69, 9.17) is 15.2 Å². The van der Waals surface area contributed by atoms with Crippen LogP contribution in [0.15, 0.2) is 18.2 Å². The summed E-state index contributed by atoms with van der Waals surface area (Å²) in [5, 5.41) is 3.10. The van der Waals surface area contributed by atoms with Crippen LogP contribution in [0.4, 0.5) is 11.8 Å². The minimum absolute atomic E-state index is 0.257. The molecule has 2 heterocycles. The molecule has 2 aromatic rings. The zero-order valence-corrected chi connectivity index (χ0v) is 16.4. The third kappa shape index (κ3) is 4.60. The van der Waals surface area contributed by atoms with Gasteiger partial charge in [0.25, 0.3) is 0 Å². The Balaban J connectivity index is 1.77. The van der Waals surface area contributed by atoms with Crippen LogP contribution in [0.5, 0.6) is 11.5 Å². The number of aryl methyl sites for hydroxylation is 1. The molecule has 7 heteroatoms. The van der Waals surface area contributed by atoms with E-state index in [0.29, 0.717) is 12.4 Å². The first kappa shape index (κ1) is 19.2. The zero-order valence-electron chi connectivity index (χ0n) is 16.4. The molecule has 0 saturated carbocycles. The van der Waals surface area contributed by atoms with Gasteiger partial charge >= 0.3 is 0 Å². The number of nitrogen functional groups attached to an aromatic ring is 1. The summed E-state index contributed by atoms with van der Waals surface area (Å²) in [6, 6.07) is 5.89. The maximum atomic E-state index is 6.05. The quantitative estimate of drug-likeness (QED) is 0.690. The van der Waals surface area contributed by atoms with Crippen molar-refractivity contribution in [1.82, 2.24) is 14.9 Å². The SMILES string of the molecule is CNc1nc(N)nc(C)c1-c1ccc(OC)c(OCCCN2CCCC2)c1. The number of benzene rings is 1. The number of nitrogens with one attached hydrogen (secondary N) is 1. The van der Waals surface area contributed by atoms with E-state index in [1.165, 1.54) is 25.9 Å². The highest BCUT2D eigenvalue weighted by Gasteiger charge is 2.15. The van der Waals surface area contributed by atoms with Crippen LogP contribution >= 0.6 is 0 Å². The molecule has 0 bridgehead atoms. The summed E-state index contributed by atoms with van der Waals surface area (Å²) in [5.41, 5.74) is 8.47. The van der Waals surface area contributed by atoms with Crippen LogP contribution in [0.3, 0.4) is 0 Å². The molecule has 3 rings (SSSR count). The zero-order chi connectivity index (χ0) is 19.2. The fourth-order valence-corrected chi connectivity index (χ4v) is 3.54. The number of nitrogens with zero attached hydrogens (tertiary/aromatic N) is 3. The molecule has 27 heavy (non-hydrogen) atoms. The largest absolute Gasteiger partial charge is 0.493 e. The highest BCUT2D eigenvalue weighted by atomic mass is 16.5. The van der Waals surface area contributed by atoms with Crippen LogP contribution in [0.2, 0.25) is 0 Å². The third-order valence-corrected chi connectivity index (χ3v) is 4.87. The van der Waals surface area contributed by atoms with Gasteiger partial charge in [-0.15, -0.1) is 0 Å². The average molecular weight is 371 g/mol. The lowest BCUT2D eigenvalue weighted by Gasteiger charge is -2.17. The molecule has 7 nitrogen and oxygen atoms in total. The van der Waals surface area contributed by atoms with E-state index in [1.54, 1.807) is 7.11 Å². The van der Waals surface area contributed by atoms with Crippen molar-refractivity contribution in [2.45, 2.75) is 26.2 Å². The second kappa shape index (κ2) is 8.90. The number of ether oxygens (including phenoxy) is 2. The number of nitrogens with two attached hydrogens (primary N) is 1. The summed E-state index contributed by atoms with van der Waals surface area (Å²) in [7, 11) is 3.48. The second-order valence-electron chi connectivity index (χ2n) is 6.76. The first-order valence-corrected chi connectivity index (χ1v) is 9.47. The minimum atomic E-state index is 0.257. The third-order valence-electron chi connectivity index (χ3n) is 4.87. The summed E-state index contributed by atoms with van der Waals surface area (Å²) in [4.78, 5) is 11.1. The molecule has 1 saturated heterocycles. The van der Waals surface area contributed by atoms with Gasteiger partial charge in [-0.25, -0.2) is 4.98 Å². The number of likely N-dealkylation sites (tertiary alicyclic amines) is 1. The Morgan fingerprint density at radius 2 is 1.96 bits per heavy atom. The smallest absolute Gasteiger partial charge is 0.222 e. The van der Waals surface area contributed by atoms with E-state index in [1.807, 2.05) is 32.2 Å². The lowest BCUT2D eigenvalue weighted by atomic mass is 10.0. The van der Waals surface area contributed by atoms with Crippen molar-refractivity contribution in [3.8, 4) is 22.6 Å². The van der Waals surface area contributed by atoms with Crippen LogP contribution in [-0.2, 0) is 0 Å². The Morgan fingerprint density at radius 3 is 2.67 bits per heavy atom. The van der Waals surface area contributed by atoms with Crippen molar-refractivity contribution in [2.24, 2.45) is 0 Å². The molecule has 1 aromatic carbocycles. The summed E-state index contributed by atoms with van der Waals surface area (Å²) < 4.78 is 11.5. The van der Waals surface area contributed by atoms with Crippen molar-refractivity contribution >= 4 is 11.8 Å².